The number of pyridine rings is 1. The van der Waals surface area contributed by atoms with Gasteiger partial charge >= 0.3 is 5.97 Å². The molecule has 0 spiro atoms. The zero-order chi connectivity index (χ0) is 14.7. The average molecular weight is 277 g/mol. The second kappa shape index (κ2) is 5.75. The third kappa shape index (κ3) is 2.92. The molecule has 0 unspecified atom stereocenters. The van der Waals surface area contributed by atoms with Gasteiger partial charge in [-0.15, -0.1) is 0 Å². The fourth-order valence-corrected chi connectivity index (χ4v) is 2.52. The molecular weight excluding hydrogens is 262 g/mol. The number of carbonyl (C=O) groups is 1. The summed E-state index contributed by atoms with van der Waals surface area (Å²) in [5.41, 5.74) is 2.56. The topological polar surface area (TPSA) is 50.2 Å². The number of benzene rings is 2. The maximum absolute atomic E-state index is 11.0. The van der Waals surface area contributed by atoms with E-state index in [2.05, 4.69) is 17.1 Å². The molecule has 1 aromatic heterocycles. The van der Waals surface area contributed by atoms with Crippen LogP contribution in [0.2, 0.25) is 0 Å². The number of carboxylic acids is 1. The molecule has 0 aliphatic heterocycles. The molecule has 0 saturated carbocycles. The molecule has 2 aromatic carbocycles. The minimum atomic E-state index is -0.885. The van der Waals surface area contributed by atoms with E-state index in [9.17, 15) is 4.79 Å². The summed E-state index contributed by atoms with van der Waals surface area (Å²) in [6, 6.07) is 15.3. The Morgan fingerprint density at radius 2 is 1.86 bits per heavy atom. The van der Waals surface area contributed by atoms with Gasteiger partial charge in [-0.25, -0.2) is 4.79 Å². The number of aromatic nitrogens is 1. The number of fused-ring (bicyclic) bond motifs is 1. The molecule has 3 nitrogen and oxygen atoms in total. The molecule has 0 aliphatic rings. The molecule has 0 amide bonds. The third-order valence-corrected chi connectivity index (χ3v) is 3.61. The summed E-state index contributed by atoms with van der Waals surface area (Å²) in [6.45, 7) is 0. The highest BCUT2D eigenvalue weighted by molar-refractivity contribution is 5.87. The van der Waals surface area contributed by atoms with E-state index >= 15 is 0 Å². The summed E-state index contributed by atoms with van der Waals surface area (Å²) in [5, 5.41) is 11.4. The summed E-state index contributed by atoms with van der Waals surface area (Å²) in [5.74, 6) is -0.885. The van der Waals surface area contributed by atoms with Gasteiger partial charge in [0.05, 0.1) is 5.56 Å². The Balaban J connectivity index is 1.84. The highest BCUT2D eigenvalue weighted by Gasteiger charge is 2.05. The first-order valence-corrected chi connectivity index (χ1v) is 6.88. The van der Waals surface area contributed by atoms with Crippen LogP contribution in [0.5, 0.6) is 0 Å². The van der Waals surface area contributed by atoms with Gasteiger partial charge in [0.1, 0.15) is 0 Å². The molecule has 1 N–H and O–H groups in total. The van der Waals surface area contributed by atoms with E-state index in [-0.39, 0.29) is 0 Å². The minimum Gasteiger partial charge on any atom is -0.478 e. The Kier molecular flexibility index (Phi) is 3.65. The molecule has 0 bridgehead atoms. The lowest BCUT2D eigenvalue weighted by atomic mass is 10.00. The van der Waals surface area contributed by atoms with Crippen LogP contribution in [-0.2, 0) is 12.8 Å². The van der Waals surface area contributed by atoms with E-state index in [0.29, 0.717) is 5.56 Å². The van der Waals surface area contributed by atoms with Crippen LogP contribution in [0.25, 0.3) is 10.8 Å². The average Bonchev–Trinajstić information content (AvgIpc) is 2.53. The Hall–Kier alpha value is -2.68. The van der Waals surface area contributed by atoms with Crippen molar-refractivity contribution in [3.05, 3.63) is 77.6 Å². The lowest BCUT2D eigenvalue weighted by molar-refractivity contribution is 0.0697. The number of carboxylic acid groups (broad SMARTS) is 1. The fraction of sp³-hybridized carbons (Fsp3) is 0.111. The van der Waals surface area contributed by atoms with Gasteiger partial charge in [-0.2, -0.15) is 0 Å². The van der Waals surface area contributed by atoms with Gasteiger partial charge < -0.3 is 5.11 Å². The molecule has 104 valence electrons. The molecule has 0 radical (unpaired) electrons. The third-order valence-electron chi connectivity index (χ3n) is 3.61. The number of hydrogen-bond acceptors (Lipinski definition) is 2. The van der Waals surface area contributed by atoms with Crippen molar-refractivity contribution in [1.29, 1.82) is 0 Å². The summed E-state index contributed by atoms with van der Waals surface area (Å²) < 4.78 is 0. The maximum atomic E-state index is 11.0. The van der Waals surface area contributed by atoms with Gasteiger partial charge in [0.2, 0.25) is 0 Å². The van der Waals surface area contributed by atoms with Crippen molar-refractivity contribution in [2.75, 3.05) is 0 Å². The van der Waals surface area contributed by atoms with Crippen LogP contribution in [-0.4, -0.2) is 16.1 Å². The smallest absolute Gasteiger partial charge is 0.335 e. The van der Waals surface area contributed by atoms with Crippen molar-refractivity contribution < 1.29 is 9.90 Å². The van der Waals surface area contributed by atoms with Gasteiger partial charge in [0.15, 0.2) is 0 Å². The predicted octanol–water partition coefficient (Wildman–Crippen LogP) is 3.72. The molecule has 3 aromatic rings. The van der Waals surface area contributed by atoms with Crippen molar-refractivity contribution in [3.8, 4) is 0 Å². The fourth-order valence-electron chi connectivity index (χ4n) is 2.52. The largest absolute Gasteiger partial charge is 0.478 e. The second-order valence-corrected chi connectivity index (χ2v) is 5.03. The van der Waals surface area contributed by atoms with Crippen LogP contribution in [0.1, 0.15) is 21.5 Å². The molecule has 0 fully saturated rings. The molecule has 21 heavy (non-hydrogen) atoms. The van der Waals surface area contributed by atoms with E-state index in [4.69, 9.17) is 5.11 Å². The van der Waals surface area contributed by atoms with E-state index in [1.54, 1.807) is 18.2 Å². The van der Waals surface area contributed by atoms with E-state index in [1.807, 2.05) is 30.6 Å². The van der Waals surface area contributed by atoms with E-state index in [0.717, 1.165) is 23.8 Å². The van der Waals surface area contributed by atoms with Crippen LogP contribution in [0, 0.1) is 0 Å². The molecule has 0 aliphatic carbocycles. The molecule has 0 atom stereocenters. The highest BCUT2D eigenvalue weighted by atomic mass is 16.4. The van der Waals surface area contributed by atoms with Crippen LogP contribution < -0.4 is 0 Å². The Labute approximate surface area is 122 Å². The zero-order valence-corrected chi connectivity index (χ0v) is 11.5. The molecule has 1 heterocycles. The number of nitrogens with zero attached hydrogens (tertiary/aromatic N) is 1. The normalized spacial score (nSPS) is 10.7. The van der Waals surface area contributed by atoms with Crippen LogP contribution in [0.15, 0.2) is 60.9 Å². The van der Waals surface area contributed by atoms with E-state index in [1.165, 1.54) is 10.9 Å². The first kappa shape index (κ1) is 13.3. The van der Waals surface area contributed by atoms with Gasteiger partial charge in [-0.1, -0.05) is 36.4 Å². The monoisotopic (exact) mass is 277 g/mol. The quantitative estimate of drug-likeness (QED) is 0.790. The summed E-state index contributed by atoms with van der Waals surface area (Å²) >= 11 is 0. The second-order valence-electron chi connectivity index (χ2n) is 5.03. The highest BCUT2D eigenvalue weighted by Crippen LogP contribution is 2.19. The van der Waals surface area contributed by atoms with Crippen LogP contribution in [0.3, 0.4) is 0 Å². The lowest BCUT2D eigenvalue weighted by Crippen LogP contribution is -1.99. The van der Waals surface area contributed by atoms with Gasteiger partial charge in [0.25, 0.3) is 0 Å². The summed E-state index contributed by atoms with van der Waals surface area (Å²) in [4.78, 5) is 15.3. The van der Waals surface area contributed by atoms with Gasteiger partial charge in [0, 0.05) is 17.8 Å². The first-order chi connectivity index (χ1) is 10.2. The van der Waals surface area contributed by atoms with Crippen molar-refractivity contribution >= 4 is 16.7 Å². The number of hydrogen-bond donors (Lipinski definition) is 1. The molecule has 3 heteroatoms. The van der Waals surface area contributed by atoms with Crippen molar-refractivity contribution in [2.24, 2.45) is 0 Å². The van der Waals surface area contributed by atoms with Gasteiger partial charge in [-0.3, -0.25) is 4.98 Å². The first-order valence-electron chi connectivity index (χ1n) is 6.88. The molecular formula is C18H15NO2. The lowest BCUT2D eigenvalue weighted by Gasteiger charge is -2.06. The van der Waals surface area contributed by atoms with Crippen molar-refractivity contribution in [3.63, 3.8) is 0 Å². The molecule has 0 saturated heterocycles. The predicted molar refractivity (Wildman–Crippen MR) is 82.6 cm³/mol. The molecule has 3 rings (SSSR count). The van der Waals surface area contributed by atoms with Crippen LogP contribution >= 0.6 is 0 Å². The minimum absolute atomic E-state index is 0.337. The zero-order valence-electron chi connectivity index (χ0n) is 11.5. The number of rotatable bonds is 4. The number of aromatic carboxylic acids is 1. The SMILES string of the molecule is O=C(O)c1cccc(CCc2cncc3ccccc23)c1. The Bertz CT molecular complexity index is 791. The van der Waals surface area contributed by atoms with E-state index < -0.39 is 5.97 Å². The van der Waals surface area contributed by atoms with Crippen molar-refractivity contribution in [2.45, 2.75) is 12.8 Å². The van der Waals surface area contributed by atoms with Crippen LogP contribution in [0.4, 0.5) is 0 Å². The maximum Gasteiger partial charge on any atom is 0.335 e. The standard InChI is InChI=1S/C18H15NO2/c20-18(21)14-6-3-4-13(10-14)8-9-16-12-19-11-15-5-1-2-7-17(15)16/h1-7,10-12H,8-9H2,(H,20,21). The number of aryl methyl sites for hydroxylation is 2. The summed E-state index contributed by atoms with van der Waals surface area (Å²) in [7, 11) is 0. The Morgan fingerprint density at radius 3 is 2.71 bits per heavy atom. The van der Waals surface area contributed by atoms with Crippen molar-refractivity contribution in [1.82, 2.24) is 4.98 Å². The van der Waals surface area contributed by atoms with Gasteiger partial charge in [-0.05, 0) is 41.5 Å². The summed E-state index contributed by atoms with van der Waals surface area (Å²) in [6.07, 6.45) is 5.40. The Morgan fingerprint density at radius 1 is 1.00 bits per heavy atom.